The molecule has 0 aliphatic carbocycles. The summed E-state index contributed by atoms with van der Waals surface area (Å²) in [7, 11) is 1.42. The van der Waals surface area contributed by atoms with Crippen LogP contribution in [0.4, 0.5) is 4.79 Å². The zero-order valence-corrected chi connectivity index (χ0v) is 9.34. The van der Waals surface area contributed by atoms with Crippen LogP contribution in [-0.4, -0.2) is 36.5 Å². The number of halogens is 1. The minimum absolute atomic E-state index is 0.210. The van der Waals surface area contributed by atoms with Crippen LogP contribution in [0.15, 0.2) is 11.6 Å². The summed E-state index contributed by atoms with van der Waals surface area (Å²) in [4.78, 5) is 12.8. The number of rotatable bonds is 1. The molecule has 0 radical (unpaired) electrons. The highest BCUT2D eigenvalue weighted by Crippen LogP contribution is 2.16. The van der Waals surface area contributed by atoms with Gasteiger partial charge in [0.1, 0.15) is 0 Å². The molecule has 13 heavy (non-hydrogen) atoms. The van der Waals surface area contributed by atoms with Crippen molar-refractivity contribution in [2.75, 3.05) is 25.5 Å². The summed E-state index contributed by atoms with van der Waals surface area (Å²) in [6, 6.07) is 0. The van der Waals surface area contributed by atoms with Crippen LogP contribution in [0, 0.1) is 0 Å². The van der Waals surface area contributed by atoms with E-state index in [1.807, 2.05) is 0 Å². The topological polar surface area (TPSA) is 29.5 Å². The largest absolute Gasteiger partial charge is 0.453 e. The van der Waals surface area contributed by atoms with Crippen LogP contribution in [-0.2, 0) is 4.74 Å². The maximum Gasteiger partial charge on any atom is 0.409 e. The SMILES string of the molecule is COC(=O)N1CCC(=CCBr)CC1. The Labute approximate surface area is 86.9 Å². The van der Waals surface area contributed by atoms with E-state index >= 15 is 0 Å². The van der Waals surface area contributed by atoms with E-state index in [1.54, 1.807) is 4.90 Å². The zero-order chi connectivity index (χ0) is 9.68. The Bertz CT molecular complexity index is 206. The molecule has 1 amide bonds. The van der Waals surface area contributed by atoms with E-state index in [1.165, 1.54) is 12.7 Å². The fourth-order valence-electron chi connectivity index (χ4n) is 1.42. The Kier molecular flexibility index (Phi) is 4.28. The van der Waals surface area contributed by atoms with E-state index in [4.69, 9.17) is 0 Å². The number of hydrogen-bond donors (Lipinski definition) is 0. The number of likely N-dealkylation sites (tertiary alicyclic amines) is 1. The van der Waals surface area contributed by atoms with Gasteiger partial charge in [0, 0.05) is 18.4 Å². The van der Waals surface area contributed by atoms with Crippen LogP contribution in [0.25, 0.3) is 0 Å². The van der Waals surface area contributed by atoms with Crippen molar-refractivity contribution in [2.24, 2.45) is 0 Å². The van der Waals surface area contributed by atoms with Gasteiger partial charge in [0.25, 0.3) is 0 Å². The molecule has 3 nitrogen and oxygen atoms in total. The molecule has 0 aromatic carbocycles. The number of ether oxygens (including phenoxy) is 1. The Hall–Kier alpha value is -0.510. The lowest BCUT2D eigenvalue weighted by atomic mass is 10.0. The smallest absolute Gasteiger partial charge is 0.409 e. The fraction of sp³-hybridized carbons (Fsp3) is 0.667. The van der Waals surface area contributed by atoms with Crippen LogP contribution in [0.5, 0.6) is 0 Å². The molecule has 1 rings (SSSR count). The van der Waals surface area contributed by atoms with Crippen LogP contribution in [0.2, 0.25) is 0 Å². The average molecular weight is 248 g/mol. The fourth-order valence-corrected chi connectivity index (χ4v) is 1.88. The van der Waals surface area contributed by atoms with Gasteiger partial charge in [0.2, 0.25) is 0 Å². The summed E-state index contributed by atoms with van der Waals surface area (Å²) in [6.07, 6.45) is 3.91. The third-order valence-corrected chi connectivity index (χ3v) is 2.53. The second-order valence-corrected chi connectivity index (χ2v) is 3.62. The number of carbonyl (C=O) groups excluding carboxylic acids is 1. The number of methoxy groups -OCH3 is 1. The first-order valence-corrected chi connectivity index (χ1v) is 5.47. The van der Waals surface area contributed by atoms with E-state index < -0.39 is 0 Å². The average Bonchev–Trinajstić information content (AvgIpc) is 2.18. The van der Waals surface area contributed by atoms with Crippen molar-refractivity contribution in [3.05, 3.63) is 11.6 Å². The highest BCUT2D eigenvalue weighted by molar-refractivity contribution is 9.09. The molecule has 0 aromatic heterocycles. The molecule has 1 aliphatic heterocycles. The van der Waals surface area contributed by atoms with Gasteiger partial charge in [-0.25, -0.2) is 4.79 Å². The van der Waals surface area contributed by atoms with Crippen molar-refractivity contribution >= 4 is 22.0 Å². The first-order valence-electron chi connectivity index (χ1n) is 4.34. The van der Waals surface area contributed by atoms with Crippen LogP contribution < -0.4 is 0 Å². The molecule has 1 saturated heterocycles. The van der Waals surface area contributed by atoms with Crippen molar-refractivity contribution in [3.8, 4) is 0 Å². The van der Waals surface area contributed by atoms with Gasteiger partial charge in [-0.05, 0) is 12.8 Å². The van der Waals surface area contributed by atoms with Crippen molar-refractivity contribution in [3.63, 3.8) is 0 Å². The lowest BCUT2D eigenvalue weighted by Gasteiger charge is -2.26. The molecule has 0 aromatic rings. The number of amides is 1. The molecule has 74 valence electrons. The summed E-state index contributed by atoms with van der Waals surface area (Å²) in [6.45, 7) is 1.57. The first kappa shape index (κ1) is 10.6. The normalized spacial score (nSPS) is 17.1. The Balaban J connectivity index is 2.39. The minimum Gasteiger partial charge on any atom is -0.453 e. The molecule has 0 spiro atoms. The third-order valence-electron chi connectivity index (χ3n) is 2.20. The molecule has 0 atom stereocenters. The molecule has 0 unspecified atom stereocenters. The number of alkyl halides is 1. The van der Waals surface area contributed by atoms with E-state index in [-0.39, 0.29) is 6.09 Å². The molecule has 0 saturated carbocycles. The van der Waals surface area contributed by atoms with Gasteiger partial charge >= 0.3 is 6.09 Å². The lowest BCUT2D eigenvalue weighted by molar-refractivity contribution is 0.120. The summed E-state index contributed by atoms with van der Waals surface area (Å²) in [5.41, 5.74) is 1.43. The first-order chi connectivity index (χ1) is 6.27. The Morgan fingerprint density at radius 1 is 1.62 bits per heavy atom. The summed E-state index contributed by atoms with van der Waals surface area (Å²) < 4.78 is 4.64. The maximum absolute atomic E-state index is 11.1. The van der Waals surface area contributed by atoms with Gasteiger partial charge in [-0.2, -0.15) is 0 Å². The molecule has 0 bridgehead atoms. The van der Waals surface area contributed by atoms with Gasteiger partial charge in [0.05, 0.1) is 7.11 Å². The molecular weight excluding hydrogens is 234 g/mol. The van der Waals surface area contributed by atoms with Crippen molar-refractivity contribution in [1.29, 1.82) is 0 Å². The van der Waals surface area contributed by atoms with Gasteiger partial charge in [-0.15, -0.1) is 0 Å². The summed E-state index contributed by atoms with van der Waals surface area (Å²) in [5.74, 6) is 0. The van der Waals surface area contributed by atoms with Gasteiger partial charge in [-0.3, -0.25) is 0 Å². The third kappa shape index (κ3) is 3.03. The van der Waals surface area contributed by atoms with Gasteiger partial charge in [0.15, 0.2) is 0 Å². The predicted octanol–water partition coefficient (Wildman–Crippen LogP) is 2.17. The highest BCUT2D eigenvalue weighted by Gasteiger charge is 2.18. The van der Waals surface area contributed by atoms with Gasteiger partial charge in [-0.1, -0.05) is 27.6 Å². The quantitative estimate of drug-likeness (QED) is 0.525. The molecule has 1 fully saturated rings. The van der Waals surface area contributed by atoms with E-state index in [0.717, 1.165) is 31.3 Å². The maximum atomic E-state index is 11.1. The van der Waals surface area contributed by atoms with E-state index in [0.29, 0.717) is 0 Å². The second kappa shape index (κ2) is 5.27. The molecule has 4 heteroatoms. The second-order valence-electron chi connectivity index (χ2n) is 2.97. The van der Waals surface area contributed by atoms with Crippen LogP contribution >= 0.6 is 15.9 Å². The van der Waals surface area contributed by atoms with E-state index in [9.17, 15) is 4.79 Å². The predicted molar refractivity (Wildman–Crippen MR) is 55.1 cm³/mol. The van der Waals surface area contributed by atoms with Crippen LogP contribution in [0.1, 0.15) is 12.8 Å². The summed E-state index contributed by atoms with van der Waals surface area (Å²) >= 11 is 3.36. The highest BCUT2D eigenvalue weighted by atomic mass is 79.9. The number of hydrogen-bond acceptors (Lipinski definition) is 2. The number of allylic oxidation sites excluding steroid dienone is 1. The van der Waals surface area contributed by atoms with E-state index in [2.05, 4.69) is 26.7 Å². The Morgan fingerprint density at radius 3 is 2.69 bits per heavy atom. The molecule has 1 heterocycles. The minimum atomic E-state index is -0.210. The number of nitrogens with zero attached hydrogens (tertiary/aromatic N) is 1. The number of piperidine rings is 1. The monoisotopic (exact) mass is 247 g/mol. The number of carbonyl (C=O) groups is 1. The molecule has 1 aliphatic rings. The lowest BCUT2D eigenvalue weighted by Crippen LogP contribution is -2.36. The van der Waals surface area contributed by atoms with Crippen LogP contribution in [0.3, 0.4) is 0 Å². The molecule has 0 N–H and O–H groups in total. The zero-order valence-electron chi connectivity index (χ0n) is 7.75. The van der Waals surface area contributed by atoms with Crippen molar-refractivity contribution in [2.45, 2.75) is 12.8 Å². The standard InChI is InChI=1S/C9H14BrNO2/c1-13-9(12)11-6-3-8(2-5-10)4-7-11/h2H,3-7H2,1H3. The van der Waals surface area contributed by atoms with Crippen molar-refractivity contribution < 1.29 is 9.53 Å². The van der Waals surface area contributed by atoms with Crippen molar-refractivity contribution in [1.82, 2.24) is 4.90 Å². The Morgan fingerprint density at radius 2 is 2.23 bits per heavy atom. The van der Waals surface area contributed by atoms with Gasteiger partial charge < -0.3 is 9.64 Å². The molecular formula is C9H14BrNO2. The summed E-state index contributed by atoms with van der Waals surface area (Å²) in [5, 5.41) is 0.903.